The van der Waals surface area contributed by atoms with Crippen molar-refractivity contribution in [2.75, 3.05) is 13.9 Å². The van der Waals surface area contributed by atoms with E-state index in [1.807, 2.05) is 24.3 Å². The highest BCUT2D eigenvalue weighted by Crippen LogP contribution is 2.36. The van der Waals surface area contributed by atoms with Crippen LogP contribution in [0.2, 0.25) is 0 Å². The molecular formula is C18H14N4O4. The molecule has 1 aromatic carbocycles. The van der Waals surface area contributed by atoms with Gasteiger partial charge in [0, 0.05) is 23.9 Å². The van der Waals surface area contributed by atoms with Crippen LogP contribution in [0, 0.1) is 0 Å². The number of ether oxygens (including phenoxy) is 3. The first-order chi connectivity index (χ1) is 12.8. The summed E-state index contributed by atoms with van der Waals surface area (Å²) >= 11 is 0. The second kappa shape index (κ2) is 5.83. The molecule has 0 aliphatic carbocycles. The molecule has 3 aromatic rings. The van der Waals surface area contributed by atoms with Crippen LogP contribution >= 0.6 is 0 Å². The largest absolute Gasteiger partial charge is 0.479 e. The predicted octanol–water partition coefficient (Wildman–Crippen LogP) is 2.74. The lowest BCUT2D eigenvalue weighted by atomic mass is 10.1. The van der Waals surface area contributed by atoms with Crippen LogP contribution < -0.4 is 14.2 Å². The zero-order valence-corrected chi connectivity index (χ0v) is 13.9. The summed E-state index contributed by atoms with van der Waals surface area (Å²) in [5, 5.41) is 8.27. The molecule has 0 radical (unpaired) electrons. The van der Waals surface area contributed by atoms with Gasteiger partial charge in [0.15, 0.2) is 11.5 Å². The van der Waals surface area contributed by atoms with Crippen molar-refractivity contribution in [3.05, 3.63) is 41.9 Å². The lowest BCUT2D eigenvalue weighted by Gasteiger charge is -2.01. The number of nitrogens with zero attached hydrogens (tertiary/aromatic N) is 4. The smallest absolute Gasteiger partial charge is 0.247 e. The minimum Gasteiger partial charge on any atom is -0.479 e. The SMILES string of the molecule is COc1nccc2c1N=C(Cc1nnc(-c3ccc4c(c3)OCO4)o1)C2. The number of hydrogen-bond donors (Lipinski definition) is 0. The summed E-state index contributed by atoms with van der Waals surface area (Å²) < 4.78 is 21.8. The van der Waals surface area contributed by atoms with E-state index in [0.717, 1.165) is 28.9 Å². The average molecular weight is 350 g/mol. The quantitative estimate of drug-likeness (QED) is 0.714. The van der Waals surface area contributed by atoms with Gasteiger partial charge in [-0.1, -0.05) is 0 Å². The third kappa shape index (κ3) is 2.46. The molecule has 4 heterocycles. The number of rotatable bonds is 4. The van der Waals surface area contributed by atoms with Crippen molar-refractivity contribution < 1.29 is 18.6 Å². The summed E-state index contributed by atoms with van der Waals surface area (Å²) in [4.78, 5) is 8.79. The van der Waals surface area contributed by atoms with Crippen LogP contribution in [-0.4, -0.2) is 34.8 Å². The van der Waals surface area contributed by atoms with E-state index in [-0.39, 0.29) is 6.79 Å². The van der Waals surface area contributed by atoms with Crippen LogP contribution in [-0.2, 0) is 12.8 Å². The molecule has 0 bridgehead atoms. The Kier molecular flexibility index (Phi) is 3.34. The topological polar surface area (TPSA) is 91.9 Å². The molecule has 2 aromatic heterocycles. The molecule has 0 saturated carbocycles. The molecule has 0 spiro atoms. The normalized spacial score (nSPS) is 14.3. The zero-order chi connectivity index (χ0) is 17.5. The standard InChI is InChI=1S/C18H14N4O4/c1-23-18-16-10(4-5-19-18)6-12(20-16)8-15-21-22-17(26-15)11-2-3-13-14(7-11)25-9-24-13/h2-5,7H,6,8-9H2,1H3. The third-order valence-corrected chi connectivity index (χ3v) is 4.27. The maximum atomic E-state index is 5.80. The molecule has 0 unspecified atom stereocenters. The van der Waals surface area contributed by atoms with Crippen molar-refractivity contribution in [3.8, 4) is 28.8 Å². The lowest BCUT2D eigenvalue weighted by Crippen LogP contribution is -2.02. The Labute approximate surface area is 148 Å². The monoisotopic (exact) mass is 350 g/mol. The van der Waals surface area contributed by atoms with Crippen LogP contribution in [0.5, 0.6) is 17.4 Å². The molecule has 2 aliphatic heterocycles. The van der Waals surface area contributed by atoms with E-state index in [2.05, 4.69) is 20.2 Å². The maximum absolute atomic E-state index is 5.80. The first kappa shape index (κ1) is 14.9. The van der Waals surface area contributed by atoms with Crippen LogP contribution in [0.25, 0.3) is 11.5 Å². The molecule has 8 nitrogen and oxygen atoms in total. The fourth-order valence-electron chi connectivity index (χ4n) is 3.05. The van der Waals surface area contributed by atoms with Crippen LogP contribution in [0.15, 0.2) is 39.9 Å². The second-order valence-corrected chi connectivity index (χ2v) is 5.93. The van der Waals surface area contributed by atoms with Gasteiger partial charge in [0.05, 0.1) is 13.5 Å². The number of pyridine rings is 1. The van der Waals surface area contributed by atoms with Crippen molar-refractivity contribution in [2.24, 2.45) is 4.99 Å². The van der Waals surface area contributed by atoms with Gasteiger partial charge in [0.25, 0.3) is 0 Å². The summed E-state index contributed by atoms with van der Waals surface area (Å²) in [5.74, 6) is 2.88. The molecule has 0 N–H and O–H groups in total. The Balaban J connectivity index is 1.37. The minimum atomic E-state index is 0.229. The number of aliphatic imine (C=N–C) groups is 1. The van der Waals surface area contributed by atoms with Crippen molar-refractivity contribution in [1.29, 1.82) is 0 Å². The van der Waals surface area contributed by atoms with Crippen LogP contribution in [0.1, 0.15) is 11.5 Å². The summed E-state index contributed by atoms with van der Waals surface area (Å²) in [6.45, 7) is 0.229. The van der Waals surface area contributed by atoms with Gasteiger partial charge < -0.3 is 18.6 Å². The number of benzene rings is 1. The number of hydrogen-bond acceptors (Lipinski definition) is 8. The fraction of sp³-hybridized carbons (Fsp3) is 0.222. The molecule has 0 amide bonds. The van der Waals surface area contributed by atoms with Gasteiger partial charge in [-0.15, -0.1) is 10.2 Å². The van der Waals surface area contributed by atoms with Crippen molar-refractivity contribution in [2.45, 2.75) is 12.8 Å². The van der Waals surface area contributed by atoms with Crippen molar-refractivity contribution in [1.82, 2.24) is 15.2 Å². The number of aromatic nitrogens is 3. The zero-order valence-electron chi connectivity index (χ0n) is 13.9. The molecule has 0 atom stereocenters. The number of methoxy groups -OCH3 is 1. The summed E-state index contributed by atoms with van der Waals surface area (Å²) in [6.07, 6.45) is 2.92. The highest BCUT2D eigenvalue weighted by Gasteiger charge is 2.22. The Morgan fingerprint density at radius 3 is 2.96 bits per heavy atom. The first-order valence-corrected chi connectivity index (χ1v) is 8.11. The molecule has 130 valence electrons. The first-order valence-electron chi connectivity index (χ1n) is 8.11. The van der Waals surface area contributed by atoms with E-state index >= 15 is 0 Å². The highest BCUT2D eigenvalue weighted by atomic mass is 16.7. The Hall–Kier alpha value is -3.42. The Bertz CT molecular complexity index is 1030. The summed E-state index contributed by atoms with van der Waals surface area (Å²) in [5.41, 5.74) is 3.59. The van der Waals surface area contributed by atoms with Crippen molar-refractivity contribution >= 4 is 11.4 Å². The Morgan fingerprint density at radius 1 is 1.12 bits per heavy atom. The van der Waals surface area contributed by atoms with Gasteiger partial charge in [-0.05, 0) is 29.8 Å². The van der Waals surface area contributed by atoms with Crippen LogP contribution in [0.4, 0.5) is 5.69 Å². The van der Waals surface area contributed by atoms with Gasteiger partial charge in [-0.2, -0.15) is 0 Å². The molecule has 0 fully saturated rings. The predicted molar refractivity (Wildman–Crippen MR) is 91.1 cm³/mol. The maximum Gasteiger partial charge on any atom is 0.247 e. The molecular weight excluding hydrogens is 336 g/mol. The summed E-state index contributed by atoms with van der Waals surface area (Å²) in [6, 6.07) is 7.47. The van der Waals surface area contributed by atoms with E-state index in [9.17, 15) is 0 Å². The average Bonchev–Trinajstić information content (AvgIpc) is 3.39. The van der Waals surface area contributed by atoms with E-state index in [0.29, 0.717) is 35.6 Å². The van der Waals surface area contributed by atoms with E-state index < -0.39 is 0 Å². The van der Waals surface area contributed by atoms with Gasteiger partial charge in [0.1, 0.15) is 5.69 Å². The van der Waals surface area contributed by atoms with E-state index in [4.69, 9.17) is 18.6 Å². The third-order valence-electron chi connectivity index (χ3n) is 4.27. The van der Waals surface area contributed by atoms with Gasteiger partial charge in [0.2, 0.25) is 24.5 Å². The van der Waals surface area contributed by atoms with Gasteiger partial charge >= 0.3 is 0 Å². The Morgan fingerprint density at radius 2 is 2.04 bits per heavy atom. The lowest BCUT2D eigenvalue weighted by molar-refractivity contribution is 0.174. The van der Waals surface area contributed by atoms with E-state index in [1.165, 1.54) is 0 Å². The minimum absolute atomic E-state index is 0.229. The fourth-order valence-corrected chi connectivity index (χ4v) is 3.05. The van der Waals surface area contributed by atoms with Gasteiger partial charge in [-0.3, -0.25) is 4.99 Å². The molecule has 2 aliphatic rings. The van der Waals surface area contributed by atoms with Crippen molar-refractivity contribution in [3.63, 3.8) is 0 Å². The number of fused-ring (bicyclic) bond motifs is 2. The second-order valence-electron chi connectivity index (χ2n) is 5.93. The van der Waals surface area contributed by atoms with Gasteiger partial charge in [-0.25, -0.2) is 4.98 Å². The van der Waals surface area contributed by atoms with E-state index in [1.54, 1.807) is 13.3 Å². The molecule has 8 heteroatoms. The van der Waals surface area contributed by atoms with Crippen LogP contribution in [0.3, 0.4) is 0 Å². The molecule has 0 saturated heterocycles. The summed E-state index contributed by atoms with van der Waals surface area (Å²) in [7, 11) is 1.59. The molecule has 5 rings (SSSR count). The molecule has 26 heavy (non-hydrogen) atoms. The highest BCUT2D eigenvalue weighted by molar-refractivity contribution is 5.95.